The van der Waals surface area contributed by atoms with E-state index in [2.05, 4.69) is 59.6 Å². The van der Waals surface area contributed by atoms with E-state index in [9.17, 15) is 14.7 Å². The average Bonchev–Trinajstić information content (AvgIpc) is 3.32. The van der Waals surface area contributed by atoms with Crippen LogP contribution in [0.4, 0.5) is 0 Å². The lowest BCUT2D eigenvalue weighted by Gasteiger charge is -2.29. The van der Waals surface area contributed by atoms with Crippen molar-refractivity contribution in [2.45, 2.75) is 64.6 Å². The van der Waals surface area contributed by atoms with E-state index >= 15 is 0 Å². The Morgan fingerprint density at radius 3 is 2.50 bits per heavy atom. The topological polar surface area (TPSA) is 69.6 Å². The van der Waals surface area contributed by atoms with Crippen LogP contribution in [0.2, 0.25) is 0 Å². The Morgan fingerprint density at radius 2 is 1.80 bits per heavy atom. The molecule has 0 radical (unpaired) electrons. The van der Waals surface area contributed by atoms with E-state index in [1.807, 2.05) is 49.6 Å². The number of hydrogen-bond donors (Lipinski definition) is 2. The second-order valence-electron chi connectivity index (χ2n) is 10.5. The van der Waals surface area contributed by atoms with Crippen molar-refractivity contribution < 1.29 is 14.7 Å². The molecule has 0 aromatic heterocycles. The molecule has 2 atom stereocenters. The molecule has 1 aliphatic rings. The Kier molecular flexibility index (Phi) is 10.5. The molecule has 1 saturated heterocycles. The number of nitrogens with zero attached hydrogens (tertiary/aromatic N) is 1. The number of rotatable bonds is 12. The lowest BCUT2D eigenvalue weighted by Crippen LogP contribution is -2.41. The zero-order valence-corrected chi connectivity index (χ0v) is 24.5. The van der Waals surface area contributed by atoms with Gasteiger partial charge in [0.1, 0.15) is 6.04 Å². The van der Waals surface area contributed by atoms with Crippen molar-refractivity contribution in [1.29, 1.82) is 0 Å². The van der Waals surface area contributed by atoms with Crippen molar-refractivity contribution in [2.75, 3.05) is 12.0 Å². The van der Waals surface area contributed by atoms with Crippen LogP contribution in [0.15, 0.2) is 84.6 Å². The number of carbonyl (C=O) groups excluding carboxylic acids is 1. The van der Waals surface area contributed by atoms with Gasteiger partial charge < -0.3 is 15.3 Å². The Morgan fingerprint density at radius 1 is 1.05 bits per heavy atom. The third-order valence-corrected chi connectivity index (χ3v) is 8.27. The fraction of sp³-hybridized carbons (Fsp3) is 0.353. The van der Waals surface area contributed by atoms with Crippen LogP contribution in [0.25, 0.3) is 11.1 Å². The van der Waals surface area contributed by atoms with Crippen LogP contribution in [0.1, 0.15) is 59.7 Å². The molecule has 1 aliphatic heterocycles. The molecule has 3 aromatic rings. The van der Waals surface area contributed by atoms with Crippen molar-refractivity contribution >= 4 is 23.6 Å². The van der Waals surface area contributed by atoms with Gasteiger partial charge in [0.25, 0.3) is 5.91 Å². The SMILES string of the molecule is CC/C=C1\CC[C@@H](Cc2ccccc2)N1Cc1ccc(C(=O)NC(CCSC)C(=O)O)c(-c2ccccc2C)c1. The summed E-state index contributed by atoms with van der Waals surface area (Å²) in [5.74, 6) is -0.702. The fourth-order valence-corrected chi connectivity index (χ4v) is 6.02. The Labute approximate surface area is 242 Å². The second-order valence-corrected chi connectivity index (χ2v) is 11.4. The maximum atomic E-state index is 13.5. The minimum atomic E-state index is -1.01. The van der Waals surface area contributed by atoms with E-state index in [0.29, 0.717) is 23.8 Å². The standard InChI is InChI=1S/C34H40N2O3S/c1-4-10-27-16-17-28(21-25-12-6-5-7-13-25)36(27)23-26-15-18-30(31(22-26)29-14-9-8-11-24(29)2)33(37)35-32(34(38)39)19-20-40-3/h5-15,18,22,28,32H,4,16-17,19-21,23H2,1-3H3,(H,35,37)(H,38,39)/b27-10+/t28-,32?/m0/s1. The number of amides is 1. The molecule has 5 nitrogen and oxygen atoms in total. The maximum absolute atomic E-state index is 13.5. The highest BCUT2D eigenvalue weighted by Crippen LogP contribution is 2.34. The van der Waals surface area contributed by atoms with Gasteiger partial charge in [0.2, 0.25) is 0 Å². The van der Waals surface area contributed by atoms with Gasteiger partial charge in [0.05, 0.1) is 0 Å². The van der Waals surface area contributed by atoms with E-state index in [-0.39, 0.29) is 5.91 Å². The third kappa shape index (κ3) is 7.36. The summed E-state index contributed by atoms with van der Waals surface area (Å²) >= 11 is 1.57. The molecule has 0 spiro atoms. The first-order chi connectivity index (χ1) is 19.4. The summed E-state index contributed by atoms with van der Waals surface area (Å²) in [7, 11) is 0. The van der Waals surface area contributed by atoms with Crippen LogP contribution >= 0.6 is 11.8 Å². The van der Waals surface area contributed by atoms with Crippen molar-refractivity contribution in [3.05, 3.63) is 107 Å². The summed E-state index contributed by atoms with van der Waals surface area (Å²) < 4.78 is 0. The molecule has 2 N–H and O–H groups in total. The lowest BCUT2D eigenvalue weighted by molar-refractivity contribution is -0.139. The van der Waals surface area contributed by atoms with E-state index in [4.69, 9.17) is 0 Å². The molecule has 1 amide bonds. The highest BCUT2D eigenvalue weighted by molar-refractivity contribution is 7.98. The normalized spacial score (nSPS) is 16.7. The molecular weight excluding hydrogens is 516 g/mol. The number of carbonyl (C=O) groups is 2. The molecule has 1 unspecified atom stereocenters. The number of aliphatic carboxylic acids is 1. The van der Waals surface area contributed by atoms with Crippen LogP contribution in [0, 0.1) is 6.92 Å². The molecule has 1 fully saturated rings. The van der Waals surface area contributed by atoms with Gasteiger partial charge in [0.15, 0.2) is 0 Å². The van der Waals surface area contributed by atoms with Gasteiger partial charge in [-0.1, -0.05) is 73.7 Å². The van der Waals surface area contributed by atoms with Crippen LogP contribution in [0.5, 0.6) is 0 Å². The second kappa shape index (κ2) is 14.2. The minimum Gasteiger partial charge on any atom is -0.480 e. The largest absolute Gasteiger partial charge is 0.480 e. The number of carboxylic acids is 1. The van der Waals surface area contributed by atoms with Crippen molar-refractivity contribution in [3.8, 4) is 11.1 Å². The summed E-state index contributed by atoms with van der Waals surface area (Å²) in [6.45, 7) is 4.99. The summed E-state index contributed by atoms with van der Waals surface area (Å²) in [6.07, 6.45) is 8.85. The number of hydrogen-bond acceptors (Lipinski definition) is 4. The Balaban J connectivity index is 1.67. The minimum absolute atomic E-state index is 0.354. The van der Waals surface area contributed by atoms with Crippen LogP contribution < -0.4 is 5.32 Å². The van der Waals surface area contributed by atoms with Crippen molar-refractivity contribution in [2.24, 2.45) is 0 Å². The number of aryl methyl sites for hydroxylation is 1. The van der Waals surface area contributed by atoms with Gasteiger partial charge in [-0.15, -0.1) is 0 Å². The Hall–Kier alpha value is -3.51. The Bertz CT molecular complexity index is 1340. The van der Waals surface area contributed by atoms with Gasteiger partial charge in [0, 0.05) is 23.8 Å². The molecule has 0 bridgehead atoms. The third-order valence-electron chi connectivity index (χ3n) is 7.63. The summed E-state index contributed by atoms with van der Waals surface area (Å²) in [5.41, 5.74) is 7.26. The molecule has 40 heavy (non-hydrogen) atoms. The van der Waals surface area contributed by atoms with Crippen molar-refractivity contribution in [3.63, 3.8) is 0 Å². The zero-order valence-electron chi connectivity index (χ0n) is 23.7. The van der Waals surface area contributed by atoms with Gasteiger partial charge in [-0.3, -0.25) is 4.79 Å². The number of carboxylic acid groups (broad SMARTS) is 1. The molecule has 6 heteroatoms. The zero-order chi connectivity index (χ0) is 28.5. The first-order valence-electron chi connectivity index (χ1n) is 14.1. The molecule has 0 saturated carbocycles. The fourth-order valence-electron chi connectivity index (χ4n) is 5.54. The van der Waals surface area contributed by atoms with E-state index in [0.717, 1.165) is 54.5 Å². The summed E-state index contributed by atoms with van der Waals surface area (Å²) in [4.78, 5) is 27.9. The molecule has 210 valence electrons. The summed E-state index contributed by atoms with van der Waals surface area (Å²) in [5, 5.41) is 12.5. The van der Waals surface area contributed by atoms with E-state index < -0.39 is 12.0 Å². The van der Waals surface area contributed by atoms with E-state index in [1.54, 1.807) is 11.8 Å². The smallest absolute Gasteiger partial charge is 0.326 e. The highest BCUT2D eigenvalue weighted by Gasteiger charge is 2.29. The van der Waals surface area contributed by atoms with Gasteiger partial charge >= 0.3 is 5.97 Å². The molecule has 0 aliphatic carbocycles. The number of thioether (sulfide) groups is 1. The predicted octanol–water partition coefficient (Wildman–Crippen LogP) is 7.10. The molecule has 1 heterocycles. The number of likely N-dealkylation sites (tertiary alicyclic amines) is 1. The first-order valence-corrected chi connectivity index (χ1v) is 15.5. The lowest BCUT2D eigenvalue weighted by atomic mass is 9.93. The van der Waals surface area contributed by atoms with Crippen LogP contribution in [-0.4, -0.2) is 46.0 Å². The molecule has 4 rings (SSSR count). The monoisotopic (exact) mass is 556 g/mol. The van der Waals surface area contributed by atoms with E-state index in [1.165, 1.54) is 11.3 Å². The first kappa shape index (κ1) is 29.5. The predicted molar refractivity (Wildman–Crippen MR) is 166 cm³/mol. The van der Waals surface area contributed by atoms with Crippen molar-refractivity contribution in [1.82, 2.24) is 10.2 Å². The number of allylic oxidation sites excluding steroid dienone is 2. The number of benzene rings is 3. The highest BCUT2D eigenvalue weighted by atomic mass is 32.2. The van der Waals surface area contributed by atoms with Crippen LogP contribution in [0.3, 0.4) is 0 Å². The van der Waals surface area contributed by atoms with Gasteiger partial charge in [-0.25, -0.2) is 4.79 Å². The quantitative estimate of drug-likeness (QED) is 0.249. The van der Waals surface area contributed by atoms with Gasteiger partial charge in [-0.05, 0) is 91.0 Å². The maximum Gasteiger partial charge on any atom is 0.326 e. The summed E-state index contributed by atoms with van der Waals surface area (Å²) in [6, 6.07) is 24.2. The average molecular weight is 557 g/mol. The van der Waals surface area contributed by atoms with Gasteiger partial charge in [-0.2, -0.15) is 11.8 Å². The number of nitrogens with one attached hydrogen (secondary N) is 1. The molecular formula is C34H40N2O3S. The van der Waals surface area contributed by atoms with Crippen LogP contribution in [-0.2, 0) is 17.8 Å². The molecule has 3 aromatic carbocycles.